The van der Waals surface area contributed by atoms with Gasteiger partial charge in [0, 0.05) is 31.1 Å². The summed E-state index contributed by atoms with van der Waals surface area (Å²) in [6.45, 7) is 5.89. The summed E-state index contributed by atoms with van der Waals surface area (Å²) in [7, 11) is 0. The van der Waals surface area contributed by atoms with Gasteiger partial charge in [-0.3, -0.25) is 0 Å². The van der Waals surface area contributed by atoms with E-state index in [1.807, 2.05) is 0 Å². The summed E-state index contributed by atoms with van der Waals surface area (Å²) in [5.41, 5.74) is -0.128. The van der Waals surface area contributed by atoms with E-state index in [1.165, 1.54) is 4.68 Å². The first-order valence-corrected chi connectivity index (χ1v) is 11.3. The number of hydrogen-bond acceptors (Lipinski definition) is 8. The maximum atomic E-state index is 13.5. The van der Waals surface area contributed by atoms with Gasteiger partial charge in [-0.05, 0) is 39.7 Å². The molecule has 0 radical (unpaired) electrons. The zero-order chi connectivity index (χ0) is 24.5. The van der Waals surface area contributed by atoms with Crippen LogP contribution in [-0.4, -0.2) is 72.6 Å². The second-order valence-corrected chi connectivity index (χ2v) is 9.70. The topological polar surface area (TPSA) is 115 Å². The molecule has 2 fully saturated rings. The monoisotopic (exact) mass is 480 g/mol. The van der Waals surface area contributed by atoms with Crippen LogP contribution in [0, 0.1) is 0 Å². The second kappa shape index (κ2) is 9.32. The predicted molar refractivity (Wildman–Crippen MR) is 118 cm³/mol. The first kappa shape index (κ1) is 24.1. The highest BCUT2D eigenvalue weighted by molar-refractivity contribution is 5.69. The third kappa shape index (κ3) is 6.10. The van der Waals surface area contributed by atoms with Crippen LogP contribution in [-0.2, 0) is 11.3 Å². The maximum Gasteiger partial charge on any atom is 0.410 e. The molecular weight excluding hydrogens is 450 g/mol. The van der Waals surface area contributed by atoms with E-state index in [1.54, 1.807) is 44.0 Å². The van der Waals surface area contributed by atoms with Crippen molar-refractivity contribution in [2.75, 3.05) is 18.4 Å². The first-order valence-electron chi connectivity index (χ1n) is 11.3. The molecule has 186 valence electrons. The quantitative estimate of drug-likeness (QED) is 0.648. The molecule has 1 aliphatic heterocycles. The number of carbonyl (C=O) groups is 1. The number of halogens is 2. The fourth-order valence-corrected chi connectivity index (χ4v) is 3.76. The minimum absolute atomic E-state index is 0.146. The standard InChI is InChI=1S/C22H30F2N6O4/c1-21(2,3)34-20(32)29-11-16(12-29)33-18-10-17(25-14-4-7-22(23,24)8-5-14)26-19(27-18)30-9-6-15(13-31)28-30/h6,9-10,14,16,31H,4-5,7-8,11-13H2,1-3H3,(H,25,26,27). The zero-order valence-electron chi connectivity index (χ0n) is 19.5. The lowest BCUT2D eigenvalue weighted by atomic mass is 9.92. The van der Waals surface area contributed by atoms with E-state index in [9.17, 15) is 18.7 Å². The molecule has 12 heteroatoms. The lowest BCUT2D eigenvalue weighted by Gasteiger charge is -2.39. The Morgan fingerprint density at radius 2 is 1.97 bits per heavy atom. The van der Waals surface area contributed by atoms with Crippen LogP contribution in [0.2, 0.25) is 0 Å². The number of likely N-dealkylation sites (tertiary alicyclic amines) is 1. The van der Waals surface area contributed by atoms with Gasteiger partial charge in [0.2, 0.25) is 11.8 Å². The van der Waals surface area contributed by atoms with Gasteiger partial charge < -0.3 is 24.8 Å². The molecule has 1 saturated carbocycles. The van der Waals surface area contributed by atoms with Crippen molar-refractivity contribution in [3.63, 3.8) is 0 Å². The smallest absolute Gasteiger partial charge is 0.410 e. The van der Waals surface area contributed by atoms with E-state index >= 15 is 0 Å². The van der Waals surface area contributed by atoms with Gasteiger partial charge in [0.15, 0.2) is 0 Å². The molecule has 0 unspecified atom stereocenters. The van der Waals surface area contributed by atoms with E-state index in [2.05, 4.69) is 20.4 Å². The number of carbonyl (C=O) groups excluding carboxylic acids is 1. The van der Waals surface area contributed by atoms with Crippen LogP contribution >= 0.6 is 0 Å². The summed E-state index contributed by atoms with van der Waals surface area (Å²) in [6, 6.07) is 3.10. The molecule has 34 heavy (non-hydrogen) atoms. The van der Waals surface area contributed by atoms with E-state index in [4.69, 9.17) is 9.47 Å². The molecule has 3 heterocycles. The van der Waals surface area contributed by atoms with Gasteiger partial charge >= 0.3 is 6.09 Å². The van der Waals surface area contributed by atoms with Gasteiger partial charge in [-0.1, -0.05) is 0 Å². The number of aliphatic hydroxyl groups excluding tert-OH is 1. The van der Waals surface area contributed by atoms with Crippen molar-refractivity contribution in [2.45, 2.75) is 76.7 Å². The Morgan fingerprint density at radius 3 is 2.59 bits per heavy atom. The molecular formula is C22H30F2N6O4. The number of nitrogens with one attached hydrogen (secondary N) is 1. The van der Waals surface area contributed by atoms with Crippen LogP contribution in [0.5, 0.6) is 5.88 Å². The van der Waals surface area contributed by atoms with E-state index < -0.39 is 17.6 Å². The van der Waals surface area contributed by atoms with Crippen molar-refractivity contribution in [2.24, 2.45) is 0 Å². The number of hydrogen-bond donors (Lipinski definition) is 2. The van der Waals surface area contributed by atoms with Gasteiger partial charge in [0.05, 0.1) is 25.4 Å². The highest BCUT2D eigenvalue weighted by Gasteiger charge is 2.36. The Morgan fingerprint density at radius 1 is 1.26 bits per heavy atom. The third-order valence-corrected chi connectivity index (χ3v) is 5.56. The summed E-state index contributed by atoms with van der Waals surface area (Å²) < 4.78 is 39.8. The zero-order valence-corrected chi connectivity index (χ0v) is 19.5. The Hall–Kier alpha value is -3.02. The molecule has 1 amide bonds. The third-order valence-electron chi connectivity index (χ3n) is 5.56. The highest BCUT2D eigenvalue weighted by Crippen LogP contribution is 2.34. The van der Waals surface area contributed by atoms with Crippen molar-refractivity contribution in [1.29, 1.82) is 0 Å². The summed E-state index contributed by atoms with van der Waals surface area (Å²) in [6.07, 6.45) is 1.24. The van der Waals surface area contributed by atoms with Gasteiger partial charge in [-0.25, -0.2) is 18.3 Å². The van der Waals surface area contributed by atoms with Crippen LogP contribution in [0.15, 0.2) is 18.3 Å². The van der Waals surface area contributed by atoms with Crippen molar-refractivity contribution >= 4 is 11.9 Å². The Balaban J connectivity index is 1.46. The Labute approximate surface area is 196 Å². The second-order valence-electron chi connectivity index (χ2n) is 9.70. The fraction of sp³-hybridized carbons (Fsp3) is 0.636. The number of rotatable bonds is 6. The van der Waals surface area contributed by atoms with Crippen molar-refractivity contribution in [1.82, 2.24) is 24.6 Å². The summed E-state index contributed by atoms with van der Waals surface area (Å²) >= 11 is 0. The summed E-state index contributed by atoms with van der Waals surface area (Å²) in [5, 5.41) is 16.7. The number of aromatic nitrogens is 4. The minimum Gasteiger partial charge on any atom is -0.470 e. The molecule has 1 saturated heterocycles. The van der Waals surface area contributed by atoms with Crippen LogP contribution in [0.25, 0.3) is 5.95 Å². The molecule has 0 spiro atoms. The summed E-state index contributed by atoms with van der Waals surface area (Å²) in [4.78, 5) is 22.6. The lowest BCUT2D eigenvalue weighted by Crippen LogP contribution is -2.57. The van der Waals surface area contributed by atoms with Crippen molar-refractivity contribution in [3.05, 3.63) is 24.0 Å². The number of anilines is 1. The Kier molecular flexibility index (Phi) is 6.61. The Bertz CT molecular complexity index is 1010. The molecule has 0 bridgehead atoms. The fourth-order valence-electron chi connectivity index (χ4n) is 3.76. The number of ether oxygens (including phenoxy) is 2. The van der Waals surface area contributed by atoms with Gasteiger partial charge in [-0.2, -0.15) is 15.1 Å². The largest absolute Gasteiger partial charge is 0.470 e. The van der Waals surface area contributed by atoms with Crippen LogP contribution in [0.1, 0.15) is 52.1 Å². The van der Waals surface area contributed by atoms with Crippen LogP contribution in [0.3, 0.4) is 0 Å². The molecule has 10 nitrogen and oxygen atoms in total. The first-order chi connectivity index (χ1) is 16.0. The molecule has 2 aliphatic rings. The normalized spacial score (nSPS) is 18.9. The van der Waals surface area contributed by atoms with Crippen molar-refractivity contribution < 1.29 is 28.2 Å². The summed E-state index contributed by atoms with van der Waals surface area (Å²) in [5.74, 6) is -1.71. The molecule has 2 N–H and O–H groups in total. The molecule has 1 aliphatic carbocycles. The molecule has 2 aromatic rings. The average molecular weight is 481 g/mol. The van der Waals surface area contributed by atoms with Crippen molar-refractivity contribution in [3.8, 4) is 11.8 Å². The number of amides is 1. The molecule has 2 aromatic heterocycles. The van der Waals surface area contributed by atoms with Gasteiger partial charge in [-0.15, -0.1) is 0 Å². The molecule has 4 rings (SSSR count). The van der Waals surface area contributed by atoms with Crippen LogP contribution < -0.4 is 10.1 Å². The average Bonchev–Trinajstić information content (AvgIpc) is 3.20. The molecule has 0 aromatic carbocycles. The number of nitrogens with zero attached hydrogens (tertiary/aromatic N) is 5. The maximum absolute atomic E-state index is 13.5. The van der Waals surface area contributed by atoms with Gasteiger partial charge in [0.25, 0.3) is 5.95 Å². The van der Waals surface area contributed by atoms with E-state index in [0.29, 0.717) is 37.4 Å². The minimum atomic E-state index is -2.62. The lowest BCUT2D eigenvalue weighted by molar-refractivity contribution is -0.0361. The predicted octanol–water partition coefficient (Wildman–Crippen LogP) is 3.14. The van der Waals surface area contributed by atoms with E-state index in [-0.39, 0.29) is 43.4 Å². The SMILES string of the molecule is CC(C)(C)OC(=O)N1CC(Oc2cc(NC3CCC(F)(F)CC3)nc(-n3ccc(CO)n3)n2)C1. The molecule has 0 atom stereocenters. The van der Waals surface area contributed by atoms with Crippen LogP contribution in [0.4, 0.5) is 19.4 Å². The van der Waals surface area contributed by atoms with Gasteiger partial charge in [0.1, 0.15) is 17.5 Å². The number of aliphatic hydroxyl groups is 1. The van der Waals surface area contributed by atoms with E-state index in [0.717, 1.165) is 0 Å². The number of alkyl halides is 2. The highest BCUT2D eigenvalue weighted by atomic mass is 19.3.